The van der Waals surface area contributed by atoms with Gasteiger partial charge >= 0.3 is 0 Å². The molecule has 0 aromatic carbocycles. The maximum absolute atomic E-state index is 11.9. The van der Waals surface area contributed by atoms with Gasteiger partial charge in [0.2, 0.25) is 10.0 Å². The third kappa shape index (κ3) is 5.36. The van der Waals surface area contributed by atoms with Crippen molar-refractivity contribution < 1.29 is 13.2 Å². The van der Waals surface area contributed by atoms with Gasteiger partial charge in [-0.1, -0.05) is 13.3 Å². The highest BCUT2D eigenvalue weighted by atomic mass is 32.2. The van der Waals surface area contributed by atoms with Crippen molar-refractivity contribution in [3.63, 3.8) is 0 Å². The molecule has 0 atom stereocenters. The molecule has 0 saturated carbocycles. The number of ether oxygens (including phenoxy) is 1. The van der Waals surface area contributed by atoms with Crippen LogP contribution in [0.4, 0.5) is 0 Å². The van der Waals surface area contributed by atoms with E-state index in [1.54, 1.807) is 7.05 Å². The van der Waals surface area contributed by atoms with E-state index in [0.29, 0.717) is 12.5 Å². The fourth-order valence-corrected chi connectivity index (χ4v) is 3.37. The average Bonchev–Trinajstić information content (AvgIpc) is 2.34. The smallest absolute Gasteiger partial charge is 0.213 e. The van der Waals surface area contributed by atoms with Crippen molar-refractivity contribution in [1.29, 1.82) is 0 Å². The molecular weight excluding hydrogens is 238 g/mol. The van der Waals surface area contributed by atoms with Gasteiger partial charge in [0.25, 0.3) is 0 Å². The van der Waals surface area contributed by atoms with Gasteiger partial charge in [-0.2, -0.15) is 0 Å². The van der Waals surface area contributed by atoms with E-state index in [2.05, 4.69) is 0 Å². The third-order valence-corrected chi connectivity index (χ3v) is 5.36. The Balaban J connectivity index is 2.29. The Morgan fingerprint density at radius 3 is 2.53 bits per heavy atom. The molecule has 0 aliphatic carbocycles. The monoisotopic (exact) mass is 263 g/mol. The lowest BCUT2D eigenvalue weighted by Crippen LogP contribution is -2.31. The normalized spacial score (nSPS) is 18.8. The summed E-state index contributed by atoms with van der Waals surface area (Å²) in [5.41, 5.74) is 0. The summed E-state index contributed by atoms with van der Waals surface area (Å²) in [6.07, 6.45) is 4.79. The number of hydrogen-bond donors (Lipinski definition) is 0. The standard InChI is InChI=1S/C12H25NO3S/c1-3-4-11-17(14,15)13(2)8-5-12-6-9-16-10-7-12/h12H,3-11H2,1-2H3. The van der Waals surface area contributed by atoms with Gasteiger partial charge in [-0.25, -0.2) is 12.7 Å². The minimum absolute atomic E-state index is 0.285. The van der Waals surface area contributed by atoms with Crippen LogP contribution in [0.5, 0.6) is 0 Å². The molecule has 5 heteroatoms. The first-order valence-corrected chi connectivity index (χ1v) is 8.19. The molecule has 4 nitrogen and oxygen atoms in total. The number of rotatable bonds is 7. The lowest BCUT2D eigenvalue weighted by atomic mass is 9.97. The van der Waals surface area contributed by atoms with Crippen molar-refractivity contribution in [1.82, 2.24) is 4.31 Å². The van der Waals surface area contributed by atoms with Gasteiger partial charge in [-0.15, -0.1) is 0 Å². The van der Waals surface area contributed by atoms with Crippen LogP contribution in [-0.4, -0.2) is 45.3 Å². The summed E-state index contributed by atoms with van der Waals surface area (Å²) in [5, 5.41) is 0. The van der Waals surface area contributed by atoms with Crippen molar-refractivity contribution >= 4 is 10.0 Å². The van der Waals surface area contributed by atoms with Crippen LogP contribution >= 0.6 is 0 Å². The molecule has 0 unspecified atom stereocenters. The molecule has 1 aliphatic heterocycles. The second kappa shape index (κ2) is 7.34. The van der Waals surface area contributed by atoms with E-state index in [1.807, 2.05) is 6.92 Å². The second-order valence-corrected chi connectivity index (χ2v) is 7.03. The lowest BCUT2D eigenvalue weighted by molar-refractivity contribution is 0.0628. The highest BCUT2D eigenvalue weighted by Gasteiger charge is 2.19. The van der Waals surface area contributed by atoms with Crippen LogP contribution < -0.4 is 0 Å². The van der Waals surface area contributed by atoms with Crippen LogP contribution in [0.2, 0.25) is 0 Å². The van der Waals surface area contributed by atoms with Crippen molar-refractivity contribution in [3.8, 4) is 0 Å². The van der Waals surface area contributed by atoms with E-state index < -0.39 is 10.0 Å². The van der Waals surface area contributed by atoms with Crippen LogP contribution in [0.3, 0.4) is 0 Å². The predicted molar refractivity (Wildman–Crippen MR) is 69.5 cm³/mol. The molecule has 0 aromatic heterocycles. The molecule has 1 rings (SSSR count). The number of nitrogens with zero attached hydrogens (tertiary/aromatic N) is 1. The molecule has 0 radical (unpaired) electrons. The van der Waals surface area contributed by atoms with Crippen LogP contribution in [-0.2, 0) is 14.8 Å². The van der Waals surface area contributed by atoms with Crippen LogP contribution in [0.25, 0.3) is 0 Å². The van der Waals surface area contributed by atoms with Gasteiger partial charge < -0.3 is 4.74 Å². The van der Waals surface area contributed by atoms with E-state index in [9.17, 15) is 8.42 Å². The van der Waals surface area contributed by atoms with Gasteiger partial charge in [0.15, 0.2) is 0 Å². The zero-order valence-corrected chi connectivity index (χ0v) is 11.8. The van der Waals surface area contributed by atoms with Gasteiger partial charge in [-0.05, 0) is 31.6 Å². The largest absolute Gasteiger partial charge is 0.381 e. The SMILES string of the molecule is CCCCS(=O)(=O)N(C)CCC1CCOCC1. The Labute approximate surface area is 105 Å². The third-order valence-electron chi connectivity index (χ3n) is 3.42. The first-order chi connectivity index (χ1) is 8.06. The molecule has 0 spiro atoms. The molecule has 0 bridgehead atoms. The second-order valence-electron chi connectivity index (χ2n) is 4.84. The topological polar surface area (TPSA) is 46.6 Å². The lowest BCUT2D eigenvalue weighted by Gasteiger charge is -2.24. The maximum atomic E-state index is 11.9. The fourth-order valence-electron chi connectivity index (χ4n) is 2.02. The maximum Gasteiger partial charge on any atom is 0.213 e. The predicted octanol–water partition coefficient (Wildman–Crippen LogP) is 1.86. The summed E-state index contributed by atoms with van der Waals surface area (Å²) in [4.78, 5) is 0. The molecular formula is C12H25NO3S. The summed E-state index contributed by atoms with van der Waals surface area (Å²) in [5.74, 6) is 0.918. The molecule has 1 saturated heterocycles. The van der Waals surface area contributed by atoms with E-state index >= 15 is 0 Å². The Bertz CT molecular complexity index is 297. The molecule has 1 heterocycles. The van der Waals surface area contributed by atoms with E-state index in [0.717, 1.165) is 45.3 Å². The Morgan fingerprint density at radius 2 is 1.94 bits per heavy atom. The quantitative estimate of drug-likeness (QED) is 0.704. The van der Waals surface area contributed by atoms with Crippen molar-refractivity contribution in [2.24, 2.45) is 5.92 Å². The first-order valence-electron chi connectivity index (χ1n) is 6.58. The molecule has 1 fully saturated rings. The van der Waals surface area contributed by atoms with Gasteiger partial charge in [0, 0.05) is 26.8 Å². The zero-order chi connectivity index (χ0) is 12.7. The highest BCUT2D eigenvalue weighted by Crippen LogP contribution is 2.19. The van der Waals surface area contributed by atoms with Crippen molar-refractivity contribution in [2.45, 2.75) is 39.0 Å². The molecule has 17 heavy (non-hydrogen) atoms. The van der Waals surface area contributed by atoms with Crippen LogP contribution in [0, 0.1) is 5.92 Å². The summed E-state index contributed by atoms with van der Waals surface area (Å²) in [6.45, 7) is 4.32. The number of sulfonamides is 1. The fraction of sp³-hybridized carbons (Fsp3) is 1.00. The highest BCUT2D eigenvalue weighted by molar-refractivity contribution is 7.89. The van der Waals surface area contributed by atoms with E-state index in [4.69, 9.17) is 4.74 Å². The molecule has 0 aromatic rings. The van der Waals surface area contributed by atoms with Crippen molar-refractivity contribution in [2.75, 3.05) is 32.6 Å². The van der Waals surface area contributed by atoms with Gasteiger partial charge in [-0.3, -0.25) is 0 Å². The molecule has 1 aliphatic rings. The Morgan fingerprint density at radius 1 is 1.29 bits per heavy atom. The van der Waals surface area contributed by atoms with Gasteiger partial charge in [0.1, 0.15) is 0 Å². The average molecular weight is 263 g/mol. The summed E-state index contributed by atoms with van der Waals surface area (Å²) >= 11 is 0. The Kier molecular flexibility index (Phi) is 6.44. The van der Waals surface area contributed by atoms with E-state index in [-0.39, 0.29) is 5.75 Å². The van der Waals surface area contributed by atoms with E-state index in [1.165, 1.54) is 4.31 Å². The minimum atomic E-state index is -3.02. The molecule has 0 amide bonds. The molecule has 102 valence electrons. The zero-order valence-electron chi connectivity index (χ0n) is 11.0. The summed E-state index contributed by atoms with van der Waals surface area (Å²) < 4.78 is 30.5. The van der Waals surface area contributed by atoms with Crippen LogP contribution in [0.1, 0.15) is 39.0 Å². The van der Waals surface area contributed by atoms with Crippen molar-refractivity contribution in [3.05, 3.63) is 0 Å². The Hall–Kier alpha value is -0.130. The first kappa shape index (κ1) is 14.9. The number of hydrogen-bond acceptors (Lipinski definition) is 3. The minimum Gasteiger partial charge on any atom is -0.381 e. The molecule has 0 N–H and O–H groups in total. The van der Waals surface area contributed by atoms with Gasteiger partial charge in [0.05, 0.1) is 5.75 Å². The summed E-state index contributed by atoms with van der Waals surface area (Å²) in [7, 11) is -1.32. The summed E-state index contributed by atoms with van der Waals surface area (Å²) in [6, 6.07) is 0. The number of unbranched alkanes of at least 4 members (excludes halogenated alkanes) is 1. The van der Waals surface area contributed by atoms with Crippen LogP contribution in [0.15, 0.2) is 0 Å².